The van der Waals surface area contributed by atoms with E-state index in [2.05, 4.69) is 10.4 Å². The van der Waals surface area contributed by atoms with Gasteiger partial charge in [0.25, 0.3) is 5.91 Å². The summed E-state index contributed by atoms with van der Waals surface area (Å²) in [6.45, 7) is 2.21. The van der Waals surface area contributed by atoms with E-state index in [1.165, 1.54) is 16.6 Å². The Hall–Kier alpha value is -2.05. The lowest BCUT2D eigenvalue weighted by atomic mass is 10.3. The highest BCUT2D eigenvalue weighted by Gasteiger charge is 2.21. The molecule has 3 N–H and O–H groups in total. The molecule has 1 heterocycles. The van der Waals surface area contributed by atoms with Crippen molar-refractivity contribution in [2.45, 2.75) is 6.92 Å². The van der Waals surface area contributed by atoms with Crippen LogP contribution in [0.5, 0.6) is 0 Å². The molecule has 0 bridgehead atoms. The Morgan fingerprint density at radius 1 is 1.59 bits per heavy atom. The van der Waals surface area contributed by atoms with Crippen molar-refractivity contribution >= 4 is 17.5 Å². The molecule has 0 saturated carbocycles. The molecule has 0 unspecified atom stereocenters. The quantitative estimate of drug-likeness (QED) is 0.720. The zero-order valence-electron chi connectivity index (χ0n) is 10.2. The van der Waals surface area contributed by atoms with Gasteiger partial charge in [0.2, 0.25) is 5.91 Å². The molecule has 94 valence electrons. The maximum absolute atomic E-state index is 12.1. The number of nitrogens with two attached hydrogens (primary N) is 1. The van der Waals surface area contributed by atoms with Gasteiger partial charge in [-0.25, -0.2) is 0 Å². The molecule has 1 rings (SSSR count). The predicted molar refractivity (Wildman–Crippen MR) is 63.3 cm³/mol. The minimum Gasteiger partial charge on any atom is -0.396 e. The second-order valence-corrected chi connectivity index (χ2v) is 3.60. The highest BCUT2D eigenvalue weighted by atomic mass is 16.2. The van der Waals surface area contributed by atoms with E-state index in [1.54, 1.807) is 20.2 Å². The zero-order valence-corrected chi connectivity index (χ0v) is 10.2. The van der Waals surface area contributed by atoms with Gasteiger partial charge in [0.15, 0.2) is 5.69 Å². The highest BCUT2D eigenvalue weighted by molar-refractivity contribution is 5.98. The summed E-state index contributed by atoms with van der Waals surface area (Å²) in [5.74, 6) is -0.566. The Morgan fingerprint density at radius 3 is 2.65 bits per heavy atom. The Labute approximate surface area is 99.6 Å². The number of carbonyl (C=O) groups excluding carboxylic acids is 2. The third-order valence-corrected chi connectivity index (χ3v) is 2.34. The standard InChI is InChI=1S/C10H17N5O2/c1-4-15(6-8(16)12-2)10(17)9-7(11)5-14(3)13-9/h5H,4,6,11H2,1-3H3,(H,12,16). The number of anilines is 1. The van der Waals surface area contributed by atoms with Gasteiger partial charge in [-0.05, 0) is 6.92 Å². The number of nitrogen functional groups attached to an aromatic ring is 1. The molecule has 0 aromatic carbocycles. The van der Waals surface area contributed by atoms with Crippen molar-refractivity contribution in [1.29, 1.82) is 0 Å². The largest absolute Gasteiger partial charge is 0.396 e. The van der Waals surface area contributed by atoms with Crippen molar-refractivity contribution in [3.05, 3.63) is 11.9 Å². The first-order valence-corrected chi connectivity index (χ1v) is 5.28. The molecule has 0 radical (unpaired) electrons. The first-order chi connectivity index (χ1) is 7.99. The third-order valence-electron chi connectivity index (χ3n) is 2.34. The molecule has 17 heavy (non-hydrogen) atoms. The number of likely N-dealkylation sites (N-methyl/N-ethyl adjacent to an activating group) is 2. The Kier molecular flexibility index (Phi) is 4.08. The molecule has 0 saturated heterocycles. The monoisotopic (exact) mass is 239 g/mol. The summed E-state index contributed by atoms with van der Waals surface area (Å²) in [6, 6.07) is 0. The van der Waals surface area contributed by atoms with E-state index in [4.69, 9.17) is 5.73 Å². The smallest absolute Gasteiger partial charge is 0.276 e. The van der Waals surface area contributed by atoms with Crippen LogP contribution in [0.15, 0.2) is 6.20 Å². The number of rotatable bonds is 4. The Bertz CT molecular complexity index is 426. The van der Waals surface area contributed by atoms with E-state index in [0.29, 0.717) is 12.2 Å². The van der Waals surface area contributed by atoms with Gasteiger partial charge in [-0.15, -0.1) is 0 Å². The summed E-state index contributed by atoms with van der Waals surface area (Å²) in [4.78, 5) is 24.7. The van der Waals surface area contributed by atoms with Crippen molar-refractivity contribution < 1.29 is 9.59 Å². The van der Waals surface area contributed by atoms with Crippen molar-refractivity contribution in [1.82, 2.24) is 20.0 Å². The maximum Gasteiger partial charge on any atom is 0.276 e. The summed E-state index contributed by atoms with van der Waals surface area (Å²) in [5.41, 5.74) is 6.16. The topological polar surface area (TPSA) is 93.2 Å². The minimum atomic E-state index is -0.339. The molecule has 7 heteroatoms. The molecule has 0 fully saturated rings. The molecule has 2 amide bonds. The summed E-state index contributed by atoms with van der Waals surface area (Å²) in [7, 11) is 3.21. The van der Waals surface area contributed by atoms with E-state index in [9.17, 15) is 9.59 Å². The van der Waals surface area contributed by atoms with Crippen LogP contribution in [0.25, 0.3) is 0 Å². The van der Waals surface area contributed by atoms with Gasteiger partial charge >= 0.3 is 0 Å². The van der Waals surface area contributed by atoms with Crippen molar-refractivity contribution in [2.75, 3.05) is 25.9 Å². The van der Waals surface area contributed by atoms with E-state index in [1.807, 2.05) is 0 Å². The Morgan fingerprint density at radius 2 is 2.24 bits per heavy atom. The third kappa shape index (κ3) is 2.96. The fraction of sp³-hybridized carbons (Fsp3) is 0.500. The van der Waals surface area contributed by atoms with Gasteiger partial charge in [-0.1, -0.05) is 0 Å². The number of hydrogen-bond donors (Lipinski definition) is 2. The predicted octanol–water partition coefficient (Wildman–Crippen LogP) is -0.790. The van der Waals surface area contributed by atoms with Gasteiger partial charge < -0.3 is 16.0 Å². The number of hydrogen-bond acceptors (Lipinski definition) is 4. The van der Waals surface area contributed by atoms with Crippen LogP contribution in [0.3, 0.4) is 0 Å². The van der Waals surface area contributed by atoms with Crippen LogP contribution in [-0.4, -0.2) is 46.6 Å². The molecular weight excluding hydrogens is 222 g/mol. The minimum absolute atomic E-state index is 0.00183. The number of nitrogens with zero attached hydrogens (tertiary/aromatic N) is 3. The molecule has 0 aliphatic carbocycles. The van der Waals surface area contributed by atoms with Crippen LogP contribution in [0, 0.1) is 0 Å². The summed E-state index contributed by atoms with van der Waals surface area (Å²) in [6.07, 6.45) is 1.56. The molecule has 1 aromatic heterocycles. The lowest BCUT2D eigenvalue weighted by Gasteiger charge is -2.18. The summed E-state index contributed by atoms with van der Waals surface area (Å²) >= 11 is 0. The second kappa shape index (κ2) is 5.33. The van der Waals surface area contributed by atoms with Crippen LogP contribution < -0.4 is 11.1 Å². The fourth-order valence-electron chi connectivity index (χ4n) is 1.40. The van der Waals surface area contributed by atoms with E-state index in [0.717, 1.165) is 0 Å². The lowest BCUT2D eigenvalue weighted by molar-refractivity contribution is -0.121. The van der Waals surface area contributed by atoms with Gasteiger partial charge in [0, 0.05) is 26.8 Å². The maximum atomic E-state index is 12.1. The summed E-state index contributed by atoms with van der Waals surface area (Å²) < 4.78 is 1.47. The number of nitrogens with one attached hydrogen (secondary N) is 1. The normalized spacial score (nSPS) is 10.1. The average molecular weight is 239 g/mol. The first kappa shape index (κ1) is 13.0. The Balaban J connectivity index is 2.86. The van der Waals surface area contributed by atoms with E-state index >= 15 is 0 Å². The molecule has 0 atom stereocenters. The van der Waals surface area contributed by atoms with Gasteiger partial charge in [0.1, 0.15) is 0 Å². The average Bonchev–Trinajstić information content (AvgIpc) is 2.64. The molecule has 0 spiro atoms. The van der Waals surface area contributed by atoms with Gasteiger partial charge in [-0.3, -0.25) is 14.3 Å². The molecule has 0 aliphatic heterocycles. The van der Waals surface area contributed by atoms with Crippen LogP contribution >= 0.6 is 0 Å². The van der Waals surface area contributed by atoms with E-state index < -0.39 is 0 Å². The number of amides is 2. The van der Waals surface area contributed by atoms with Crippen LogP contribution in [0.2, 0.25) is 0 Å². The zero-order chi connectivity index (χ0) is 13.0. The summed E-state index contributed by atoms with van der Waals surface area (Å²) in [5, 5.41) is 6.45. The fourth-order valence-corrected chi connectivity index (χ4v) is 1.40. The first-order valence-electron chi connectivity index (χ1n) is 5.28. The SMILES string of the molecule is CCN(CC(=O)NC)C(=O)c1nn(C)cc1N. The number of aryl methyl sites for hydroxylation is 1. The van der Waals surface area contributed by atoms with Gasteiger partial charge in [-0.2, -0.15) is 5.10 Å². The number of aromatic nitrogens is 2. The van der Waals surface area contributed by atoms with Crippen molar-refractivity contribution in [3.63, 3.8) is 0 Å². The van der Waals surface area contributed by atoms with Crippen LogP contribution in [0.1, 0.15) is 17.4 Å². The van der Waals surface area contributed by atoms with Crippen molar-refractivity contribution in [3.8, 4) is 0 Å². The number of carbonyl (C=O) groups is 2. The second-order valence-electron chi connectivity index (χ2n) is 3.60. The molecule has 0 aliphatic rings. The molecular formula is C10H17N5O2. The molecule has 7 nitrogen and oxygen atoms in total. The van der Waals surface area contributed by atoms with Crippen LogP contribution in [0.4, 0.5) is 5.69 Å². The highest BCUT2D eigenvalue weighted by Crippen LogP contribution is 2.11. The van der Waals surface area contributed by atoms with Crippen molar-refractivity contribution in [2.24, 2.45) is 7.05 Å². The lowest BCUT2D eigenvalue weighted by Crippen LogP contribution is -2.39. The molecule has 1 aromatic rings. The van der Waals surface area contributed by atoms with Crippen LogP contribution in [-0.2, 0) is 11.8 Å². The van der Waals surface area contributed by atoms with E-state index in [-0.39, 0.29) is 24.1 Å². The van der Waals surface area contributed by atoms with Gasteiger partial charge in [0.05, 0.1) is 12.2 Å².